The van der Waals surface area contributed by atoms with Crippen LogP contribution < -0.4 is 11.2 Å². The molecule has 25 heavy (non-hydrogen) atoms. The highest BCUT2D eigenvalue weighted by atomic mass is 16.4. The zero-order valence-corrected chi connectivity index (χ0v) is 13.5. The maximum atomic E-state index is 12.7. The van der Waals surface area contributed by atoms with E-state index in [9.17, 15) is 24.3 Å². The number of hydrogen-bond donors (Lipinski definition) is 3. The molecule has 2 aromatic rings. The van der Waals surface area contributed by atoms with Gasteiger partial charge in [0.15, 0.2) is 5.78 Å². The molecule has 1 aliphatic rings. The van der Waals surface area contributed by atoms with E-state index in [2.05, 4.69) is 9.97 Å². The van der Waals surface area contributed by atoms with Crippen LogP contribution in [0.25, 0.3) is 0 Å². The van der Waals surface area contributed by atoms with Crippen molar-refractivity contribution >= 4 is 11.8 Å². The molecule has 130 valence electrons. The van der Waals surface area contributed by atoms with Crippen LogP contribution in [0.2, 0.25) is 0 Å². The fourth-order valence-electron chi connectivity index (χ4n) is 3.58. The molecule has 1 fully saturated rings. The molecule has 2 atom stereocenters. The first-order valence-corrected chi connectivity index (χ1v) is 8.16. The lowest BCUT2D eigenvalue weighted by molar-refractivity contribution is 0.0687. The van der Waals surface area contributed by atoms with E-state index in [-0.39, 0.29) is 28.9 Å². The number of Topliss-reactive ketones (excluding diaryl/α,β-unsaturated/α-hetero) is 1. The highest BCUT2D eigenvalue weighted by Crippen LogP contribution is 2.37. The molecule has 1 aromatic carbocycles. The minimum atomic E-state index is -1.35. The van der Waals surface area contributed by atoms with E-state index in [1.165, 1.54) is 0 Å². The summed E-state index contributed by atoms with van der Waals surface area (Å²) in [6.45, 7) is 0. The molecule has 0 aliphatic heterocycles. The molecule has 1 saturated carbocycles. The van der Waals surface area contributed by atoms with Gasteiger partial charge in [0.2, 0.25) is 0 Å². The number of rotatable bonds is 4. The van der Waals surface area contributed by atoms with E-state index in [1.54, 1.807) is 24.3 Å². The van der Waals surface area contributed by atoms with Gasteiger partial charge in [-0.25, -0.2) is 9.59 Å². The van der Waals surface area contributed by atoms with Crippen LogP contribution in [0.4, 0.5) is 0 Å². The summed E-state index contributed by atoms with van der Waals surface area (Å²) in [7, 11) is 0. The first kappa shape index (κ1) is 16.9. The van der Waals surface area contributed by atoms with Gasteiger partial charge in [-0.3, -0.25) is 14.6 Å². The van der Waals surface area contributed by atoms with Gasteiger partial charge >= 0.3 is 11.7 Å². The number of aromatic nitrogens is 2. The van der Waals surface area contributed by atoms with E-state index >= 15 is 0 Å². The maximum Gasteiger partial charge on any atom is 0.352 e. The van der Waals surface area contributed by atoms with E-state index in [0.717, 1.165) is 0 Å². The first-order valence-electron chi connectivity index (χ1n) is 8.16. The van der Waals surface area contributed by atoms with Gasteiger partial charge in [0.05, 0.1) is 5.56 Å². The number of hydrogen-bond acceptors (Lipinski definition) is 4. The molecule has 0 bridgehead atoms. The van der Waals surface area contributed by atoms with Crippen LogP contribution in [0.3, 0.4) is 0 Å². The third kappa shape index (κ3) is 3.45. The van der Waals surface area contributed by atoms with Crippen LogP contribution in [0.5, 0.6) is 0 Å². The van der Waals surface area contributed by atoms with Crippen LogP contribution >= 0.6 is 0 Å². The fraction of sp³-hybridized carbons (Fsp3) is 0.333. The Hall–Kier alpha value is -2.96. The number of aromatic carboxylic acids is 1. The van der Waals surface area contributed by atoms with Gasteiger partial charge in [-0.1, -0.05) is 36.8 Å². The Morgan fingerprint density at radius 3 is 2.44 bits per heavy atom. The summed E-state index contributed by atoms with van der Waals surface area (Å²) in [5.74, 6) is -2.00. The van der Waals surface area contributed by atoms with Crippen LogP contribution in [-0.4, -0.2) is 26.8 Å². The van der Waals surface area contributed by atoms with Crippen molar-refractivity contribution in [2.45, 2.75) is 31.6 Å². The second-order valence-corrected chi connectivity index (χ2v) is 6.29. The number of nitrogens with one attached hydrogen (secondary N) is 2. The van der Waals surface area contributed by atoms with Crippen LogP contribution in [0.15, 0.2) is 39.9 Å². The minimum absolute atomic E-state index is 0.00280. The molecule has 1 aromatic heterocycles. The first-order chi connectivity index (χ1) is 12.0. The summed E-state index contributed by atoms with van der Waals surface area (Å²) in [4.78, 5) is 51.9. The predicted molar refractivity (Wildman–Crippen MR) is 90.1 cm³/mol. The molecule has 3 N–H and O–H groups in total. The Labute approximate surface area is 142 Å². The van der Waals surface area contributed by atoms with Gasteiger partial charge < -0.3 is 10.1 Å². The summed E-state index contributed by atoms with van der Waals surface area (Å²) in [5.41, 5.74) is -1.26. The number of ketones is 1. The second kappa shape index (κ2) is 6.88. The van der Waals surface area contributed by atoms with Gasteiger partial charge in [-0.15, -0.1) is 0 Å². The number of aromatic amines is 2. The van der Waals surface area contributed by atoms with Gasteiger partial charge in [-0.2, -0.15) is 0 Å². The average Bonchev–Trinajstić information content (AvgIpc) is 2.61. The molecule has 1 aliphatic carbocycles. The highest BCUT2D eigenvalue weighted by Gasteiger charge is 2.32. The van der Waals surface area contributed by atoms with Gasteiger partial charge in [0.25, 0.3) is 5.56 Å². The van der Waals surface area contributed by atoms with E-state index in [1.807, 2.05) is 6.07 Å². The second-order valence-electron chi connectivity index (χ2n) is 6.29. The lowest BCUT2D eigenvalue weighted by Gasteiger charge is -2.28. The van der Waals surface area contributed by atoms with E-state index < -0.39 is 17.2 Å². The fourth-order valence-corrected chi connectivity index (χ4v) is 3.58. The Bertz CT molecular complexity index is 913. The van der Waals surface area contributed by atoms with E-state index in [0.29, 0.717) is 31.2 Å². The van der Waals surface area contributed by atoms with Crippen molar-refractivity contribution in [3.8, 4) is 0 Å². The van der Waals surface area contributed by atoms with Gasteiger partial charge in [0, 0.05) is 11.5 Å². The molecule has 3 rings (SSSR count). The average molecular weight is 342 g/mol. The summed E-state index contributed by atoms with van der Waals surface area (Å²) >= 11 is 0. The van der Waals surface area contributed by atoms with Crippen LogP contribution in [0, 0.1) is 5.92 Å². The molecular weight excluding hydrogens is 324 g/mol. The zero-order chi connectivity index (χ0) is 18.0. The monoisotopic (exact) mass is 342 g/mol. The highest BCUT2D eigenvalue weighted by molar-refractivity contribution is 5.98. The van der Waals surface area contributed by atoms with Crippen LogP contribution in [0.1, 0.15) is 58.0 Å². The van der Waals surface area contributed by atoms with Crippen molar-refractivity contribution in [2.75, 3.05) is 0 Å². The third-order valence-electron chi connectivity index (χ3n) is 4.70. The topological polar surface area (TPSA) is 120 Å². The Kier molecular flexibility index (Phi) is 4.65. The van der Waals surface area contributed by atoms with Crippen molar-refractivity contribution in [2.24, 2.45) is 5.92 Å². The zero-order valence-electron chi connectivity index (χ0n) is 13.5. The molecule has 7 heteroatoms. The molecule has 0 radical (unpaired) electrons. The van der Waals surface area contributed by atoms with Crippen molar-refractivity contribution in [3.63, 3.8) is 0 Å². The number of benzene rings is 1. The Morgan fingerprint density at radius 2 is 1.76 bits per heavy atom. The standard InChI is InChI=1S/C18H18N2O5/c21-15(10-5-2-1-3-6-10)12-8-4-7-11(9-12)13-14(17(23)24)19-18(25)20-16(13)22/h1-3,5-6,11-12H,4,7-9H2,(H,23,24)(H2,19,20,22,25). The molecule has 0 saturated heterocycles. The number of carboxylic acids is 1. The van der Waals surface area contributed by atoms with Crippen LogP contribution in [-0.2, 0) is 0 Å². The predicted octanol–water partition coefficient (Wildman–Crippen LogP) is 1.92. The Morgan fingerprint density at radius 1 is 1.04 bits per heavy atom. The lowest BCUT2D eigenvalue weighted by atomic mass is 9.75. The summed E-state index contributed by atoms with van der Waals surface area (Å²) in [6.07, 6.45) is 2.41. The number of carbonyl (C=O) groups is 2. The van der Waals surface area contributed by atoms with Gasteiger partial charge in [-0.05, 0) is 25.2 Å². The molecular formula is C18H18N2O5. The largest absolute Gasteiger partial charge is 0.477 e. The number of carboxylic acid groups (broad SMARTS) is 1. The molecule has 1 heterocycles. The van der Waals surface area contributed by atoms with Crippen molar-refractivity contribution in [3.05, 3.63) is 68.0 Å². The third-order valence-corrected chi connectivity index (χ3v) is 4.70. The normalized spacial score (nSPS) is 20.2. The molecule has 0 amide bonds. The molecule has 2 unspecified atom stereocenters. The number of H-pyrrole nitrogens is 2. The maximum absolute atomic E-state index is 12.7. The number of carbonyl (C=O) groups excluding carboxylic acids is 1. The molecule has 0 spiro atoms. The summed E-state index contributed by atoms with van der Waals surface area (Å²) in [6, 6.07) is 8.92. The van der Waals surface area contributed by atoms with Gasteiger partial charge in [0.1, 0.15) is 5.69 Å². The summed E-state index contributed by atoms with van der Waals surface area (Å²) in [5, 5.41) is 9.31. The molecule has 7 nitrogen and oxygen atoms in total. The SMILES string of the molecule is O=C(O)c1[nH]c(=O)[nH]c(=O)c1C1CCCC(C(=O)c2ccccc2)C1. The smallest absolute Gasteiger partial charge is 0.352 e. The quantitative estimate of drug-likeness (QED) is 0.733. The van der Waals surface area contributed by atoms with E-state index in [4.69, 9.17) is 0 Å². The Balaban J connectivity index is 1.92. The summed E-state index contributed by atoms with van der Waals surface area (Å²) < 4.78 is 0. The van der Waals surface area contributed by atoms with Crippen molar-refractivity contribution in [1.29, 1.82) is 0 Å². The minimum Gasteiger partial charge on any atom is -0.477 e. The lowest BCUT2D eigenvalue weighted by Crippen LogP contribution is -2.33. The van der Waals surface area contributed by atoms with Crippen molar-refractivity contribution in [1.82, 2.24) is 9.97 Å². The van der Waals surface area contributed by atoms with Crippen molar-refractivity contribution < 1.29 is 14.7 Å².